The molecule has 0 fully saturated rings. The summed E-state index contributed by atoms with van der Waals surface area (Å²) < 4.78 is 0. The molecule has 2 atom stereocenters. The van der Waals surface area contributed by atoms with E-state index in [4.69, 9.17) is 0 Å². The van der Waals surface area contributed by atoms with E-state index in [0.29, 0.717) is 5.92 Å². The van der Waals surface area contributed by atoms with Crippen LogP contribution in [0.5, 0.6) is 0 Å². The van der Waals surface area contributed by atoms with Crippen molar-refractivity contribution in [3.63, 3.8) is 0 Å². The molecule has 1 aliphatic rings. The summed E-state index contributed by atoms with van der Waals surface area (Å²) >= 11 is 0. The van der Waals surface area contributed by atoms with Gasteiger partial charge in [0.15, 0.2) is 0 Å². The van der Waals surface area contributed by atoms with Crippen molar-refractivity contribution in [3.8, 4) is 0 Å². The van der Waals surface area contributed by atoms with Gasteiger partial charge in [-0.1, -0.05) is 84.9 Å². The van der Waals surface area contributed by atoms with Gasteiger partial charge in [-0.3, -0.25) is 0 Å². The Morgan fingerprint density at radius 3 is 2.09 bits per heavy atom. The number of hydrogen-bond acceptors (Lipinski definition) is 1. The van der Waals surface area contributed by atoms with Gasteiger partial charge in [0.2, 0.25) is 0 Å². The Balaban J connectivity index is 1.85. The van der Waals surface area contributed by atoms with Crippen molar-refractivity contribution in [1.82, 2.24) is 0 Å². The Hall–Kier alpha value is -2.38. The first-order chi connectivity index (χ1) is 11.3. The highest BCUT2D eigenvalue weighted by Gasteiger charge is 2.40. The molecular weight excluding hydrogens is 280 g/mol. The molecule has 3 aromatic rings. The Bertz CT molecular complexity index is 794. The minimum absolute atomic E-state index is 0.330. The van der Waals surface area contributed by atoms with Gasteiger partial charge in [-0.05, 0) is 41.0 Å². The molecule has 114 valence electrons. The second-order valence-corrected chi connectivity index (χ2v) is 6.40. The lowest BCUT2D eigenvalue weighted by atomic mass is 9.69. The first kappa shape index (κ1) is 14.2. The van der Waals surface area contributed by atoms with E-state index >= 15 is 0 Å². The Labute approximate surface area is 137 Å². The van der Waals surface area contributed by atoms with E-state index < -0.39 is 5.60 Å². The number of aliphatic hydroxyl groups is 1. The number of hydrogen-bond donors (Lipinski definition) is 1. The maximum absolute atomic E-state index is 11.6. The minimum atomic E-state index is -0.920. The zero-order valence-electron chi connectivity index (χ0n) is 13.0. The average molecular weight is 300 g/mol. The van der Waals surface area contributed by atoms with Crippen molar-refractivity contribution < 1.29 is 5.11 Å². The summed E-state index contributed by atoms with van der Waals surface area (Å²) in [4.78, 5) is 0. The van der Waals surface area contributed by atoms with Gasteiger partial charge in [0.1, 0.15) is 5.60 Å². The van der Waals surface area contributed by atoms with E-state index in [1.165, 1.54) is 11.1 Å². The average Bonchev–Trinajstić information content (AvgIpc) is 2.63. The van der Waals surface area contributed by atoms with Crippen molar-refractivity contribution in [2.45, 2.75) is 24.4 Å². The lowest BCUT2D eigenvalue weighted by molar-refractivity contribution is 0.0544. The highest BCUT2D eigenvalue weighted by atomic mass is 16.3. The largest absolute Gasteiger partial charge is 0.380 e. The molecule has 1 nitrogen and oxygen atoms in total. The summed E-state index contributed by atoms with van der Waals surface area (Å²) in [7, 11) is 0. The van der Waals surface area contributed by atoms with Gasteiger partial charge in [-0.15, -0.1) is 0 Å². The molecule has 23 heavy (non-hydrogen) atoms. The normalized spacial score (nSPS) is 23.3. The predicted octanol–water partition coefficient (Wildman–Crippen LogP) is 4.65. The maximum atomic E-state index is 11.6. The third-order valence-corrected chi connectivity index (χ3v) is 4.99. The highest BCUT2D eigenvalue weighted by molar-refractivity contribution is 5.45. The molecule has 1 aliphatic carbocycles. The molecule has 0 spiro atoms. The molecule has 1 heteroatoms. The lowest BCUT2D eigenvalue weighted by Gasteiger charge is -2.39. The molecule has 0 heterocycles. The second kappa shape index (κ2) is 5.68. The first-order valence-electron chi connectivity index (χ1n) is 8.18. The number of fused-ring (bicyclic) bond motifs is 1. The van der Waals surface area contributed by atoms with E-state index in [9.17, 15) is 5.11 Å². The maximum Gasteiger partial charge on any atom is 0.115 e. The van der Waals surface area contributed by atoms with Crippen LogP contribution in [0, 0.1) is 0 Å². The number of benzene rings is 3. The standard InChI is InChI=1S/C22H20O/c23-22(20-12-5-2-6-13-20)16-19(17-9-3-1-4-10-17)15-18-11-7-8-14-21(18)22/h1-14,19,23H,15-16H2. The van der Waals surface area contributed by atoms with Crippen molar-refractivity contribution >= 4 is 0 Å². The molecular formula is C22H20O. The van der Waals surface area contributed by atoms with Gasteiger partial charge in [-0.25, -0.2) is 0 Å². The zero-order chi connectivity index (χ0) is 15.7. The number of rotatable bonds is 2. The zero-order valence-corrected chi connectivity index (χ0v) is 13.0. The predicted molar refractivity (Wildman–Crippen MR) is 93.4 cm³/mol. The van der Waals surface area contributed by atoms with Crippen LogP contribution in [0.15, 0.2) is 84.9 Å². The topological polar surface area (TPSA) is 20.2 Å². The quantitative estimate of drug-likeness (QED) is 0.730. The Morgan fingerprint density at radius 1 is 0.739 bits per heavy atom. The van der Waals surface area contributed by atoms with Gasteiger partial charge < -0.3 is 5.11 Å². The Kier molecular flexibility index (Phi) is 3.51. The van der Waals surface area contributed by atoms with Crippen LogP contribution < -0.4 is 0 Å². The summed E-state index contributed by atoms with van der Waals surface area (Å²) in [6, 6.07) is 28.9. The van der Waals surface area contributed by atoms with Gasteiger partial charge in [-0.2, -0.15) is 0 Å². The Morgan fingerprint density at radius 2 is 1.35 bits per heavy atom. The lowest BCUT2D eigenvalue weighted by Crippen LogP contribution is -2.35. The molecule has 0 aromatic heterocycles. The molecule has 0 bridgehead atoms. The molecule has 0 saturated carbocycles. The molecule has 0 aliphatic heterocycles. The molecule has 0 radical (unpaired) electrons. The van der Waals surface area contributed by atoms with Crippen LogP contribution in [0.3, 0.4) is 0 Å². The van der Waals surface area contributed by atoms with Gasteiger partial charge in [0.25, 0.3) is 0 Å². The van der Waals surface area contributed by atoms with Crippen LogP contribution in [0.25, 0.3) is 0 Å². The molecule has 0 amide bonds. The minimum Gasteiger partial charge on any atom is -0.380 e. The van der Waals surface area contributed by atoms with E-state index in [1.807, 2.05) is 42.5 Å². The van der Waals surface area contributed by atoms with Crippen molar-refractivity contribution in [2.24, 2.45) is 0 Å². The summed E-state index contributed by atoms with van der Waals surface area (Å²) in [5.41, 5.74) is 3.66. The fourth-order valence-electron chi connectivity index (χ4n) is 3.85. The van der Waals surface area contributed by atoms with Crippen LogP contribution in [0.4, 0.5) is 0 Å². The van der Waals surface area contributed by atoms with Crippen molar-refractivity contribution in [2.75, 3.05) is 0 Å². The SMILES string of the molecule is OC1(c2ccccc2)CC(c2ccccc2)Cc2ccccc21. The monoisotopic (exact) mass is 300 g/mol. The summed E-state index contributed by atoms with van der Waals surface area (Å²) in [5, 5.41) is 11.6. The van der Waals surface area contributed by atoms with E-state index in [0.717, 1.165) is 24.0 Å². The van der Waals surface area contributed by atoms with E-state index in [-0.39, 0.29) is 0 Å². The molecule has 2 unspecified atom stereocenters. The fraction of sp³-hybridized carbons (Fsp3) is 0.182. The van der Waals surface area contributed by atoms with Crippen molar-refractivity contribution in [1.29, 1.82) is 0 Å². The van der Waals surface area contributed by atoms with Crippen LogP contribution in [-0.4, -0.2) is 5.11 Å². The van der Waals surface area contributed by atoms with Crippen molar-refractivity contribution in [3.05, 3.63) is 107 Å². The molecule has 1 N–H and O–H groups in total. The van der Waals surface area contributed by atoms with Crippen LogP contribution in [0.1, 0.15) is 34.6 Å². The highest BCUT2D eigenvalue weighted by Crippen LogP contribution is 2.45. The molecule has 3 aromatic carbocycles. The summed E-state index contributed by atoms with van der Waals surface area (Å²) in [6.45, 7) is 0. The van der Waals surface area contributed by atoms with Gasteiger partial charge in [0.05, 0.1) is 0 Å². The summed E-state index contributed by atoms with van der Waals surface area (Å²) in [6.07, 6.45) is 1.70. The van der Waals surface area contributed by atoms with Gasteiger partial charge in [0, 0.05) is 0 Å². The van der Waals surface area contributed by atoms with Crippen LogP contribution >= 0.6 is 0 Å². The smallest absolute Gasteiger partial charge is 0.115 e. The van der Waals surface area contributed by atoms with Crippen LogP contribution in [-0.2, 0) is 12.0 Å². The third kappa shape index (κ3) is 2.47. The first-order valence-corrected chi connectivity index (χ1v) is 8.18. The molecule has 4 rings (SSSR count). The summed E-state index contributed by atoms with van der Waals surface area (Å²) in [5.74, 6) is 0.330. The second-order valence-electron chi connectivity index (χ2n) is 6.40. The fourth-order valence-corrected chi connectivity index (χ4v) is 3.85. The van der Waals surface area contributed by atoms with E-state index in [2.05, 4.69) is 42.5 Å². The van der Waals surface area contributed by atoms with Gasteiger partial charge >= 0.3 is 0 Å². The third-order valence-electron chi connectivity index (χ3n) is 4.99. The van der Waals surface area contributed by atoms with Crippen LogP contribution in [0.2, 0.25) is 0 Å². The van der Waals surface area contributed by atoms with E-state index in [1.54, 1.807) is 0 Å². The molecule has 0 saturated heterocycles.